The summed E-state index contributed by atoms with van der Waals surface area (Å²) in [6, 6.07) is 7.68. The number of rotatable bonds is 2. The number of benzene rings is 1. The molecule has 1 aromatic carbocycles. The molecule has 2 aliphatic rings. The van der Waals surface area contributed by atoms with E-state index in [1.165, 1.54) is 32.1 Å². The first-order valence-electron chi connectivity index (χ1n) is 7.88. The van der Waals surface area contributed by atoms with Crippen LogP contribution in [0, 0.1) is 18.8 Å². The van der Waals surface area contributed by atoms with Gasteiger partial charge in [0, 0.05) is 17.0 Å². The molecule has 2 atom stereocenters. The van der Waals surface area contributed by atoms with Gasteiger partial charge in [-0.3, -0.25) is 0 Å². The van der Waals surface area contributed by atoms with Crippen molar-refractivity contribution in [3.05, 3.63) is 40.2 Å². The number of ether oxygens (including phenoxy) is 1. The van der Waals surface area contributed by atoms with Crippen LogP contribution in [0.2, 0.25) is 0 Å². The maximum Gasteiger partial charge on any atom is 0.339 e. The average molecular weight is 284 g/mol. The predicted molar refractivity (Wildman–Crippen MR) is 81.7 cm³/mol. The molecular formula is C18H20O3. The molecule has 0 saturated heterocycles. The minimum Gasteiger partial charge on any atom is -0.490 e. The lowest BCUT2D eigenvalue weighted by Crippen LogP contribution is -2.26. The highest BCUT2D eigenvalue weighted by Crippen LogP contribution is 2.43. The summed E-state index contributed by atoms with van der Waals surface area (Å²) in [7, 11) is 0. The molecule has 3 heteroatoms. The van der Waals surface area contributed by atoms with Gasteiger partial charge in [-0.05, 0) is 56.2 Å². The summed E-state index contributed by atoms with van der Waals surface area (Å²) >= 11 is 0. The molecule has 2 aliphatic carbocycles. The van der Waals surface area contributed by atoms with Gasteiger partial charge in [-0.25, -0.2) is 4.79 Å². The number of fused-ring (bicyclic) bond motifs is 3. The fourth-order valence-electron chi connectivity index (χ4n) is 4.00. The van der Waals surface area contributed by atoms with Crippen molar-refractivity contribution < 1.29 is 9.15 Å². The molecule has 2 fully saturated rings. The summed E-state index contributed by atoms with van der Waals surface area (Å²) in [6.45, 7) is 1.77. The summed E-state index contributed by atoms with van der Waals surface area (Å²) in [4.78, 5) is 11.6. The third-order valence-corrected chi connectivity index (χ3v) is 5.03. The normalized spacial score (nSPS) is 28.0. The Morgan fingerprint density at radius 1 is 1.10 bits per heavy atom. The van der Waals surface area contributed by atoms with E-state index in [1.807, 2.05) is 24.3 Å². The molecule has 0 N–H and O–H groups in total. The van der Waals surface area contributed by atoms with Crippen molar-refractivity contribution in [2.45, 2.75) is 45.1 Å². The highest BCUT2D eigenvalue weighted by atomic mass is 16.5. The van der Waals surface area contributed by atoms with Gasteiger partial charge >= 0.3 is 5.63 Å². The summed E-state index contributed by atoms with van der Waals surface area (Å²) in [5, 5.41) is 0.947. The molecule has 0 aliphatic heterocycles. The maximum atomic E-state index is 11.6. The molecule has 21 heavy (non-hydrogen) atoms. The van der Waals surface area contributed by atoms with Crippen LogP contribution < -0.4 is 10.4 Å². The van der Waals surface area contributed by atoms with E-state index in [0.717, 1.165) is 23.0 Å². The lowest BCUT2D eigenvalue weighted by molar-refractivity contribution is 0.119. The Hall–Kier alpha value is -1.77. The Bertz CT molecular complexity index is 719. The van der Waals surface area contributed by atoms with Crippen LogP contribution in [0.1, 0.15) is 37.7 Å². The van der Waals surface area contributed by atoms with Crippen LogP contribution in [0.25, 0.3) is 11.0 Å². The number of hydrogen-bond donors (Lipinski definition) is 0. The smallest absolute Gasteiger partial charge is 0.339 e. The highest BCUT2D eigenvalue weighted by molar-refractivity contribution is 5.78. The van der Waals surface area contributed by atoms with E-state index < -0.39 is 0 Å². The topological polar surface area (TPSA) is 39.4 Å². The minimum absolute atomic E-state index is 0.268. The van der Waals surface area contributed by atoms with Crippen LogP contribution in [0.15, 0.2) is 33.5 Å². The first-order valence-corrected chi connectivity index (χ1v) is 7.88. The Balaban J connectivity index is 1.59. The third-order valence-electron chi connectivity index (χ3n) is 5.03. The molecular weight excluding hydrogens is 264 g/mol. The van der Waals surface area contributed by atoms with Crippen LogP contribution >= 0.6 is 0 Å². The zero-order valence-electron chi connectivity index (χ0n) is 12.3. The molecule has 4 rings (SSSR count). The van der Waals surface area contributed by atoms with Crippen molar-refractivity contribution in [3.63, 3.8) is 0 Å². The van der Waals surface area contributed by atoms with Gasteiger partial charge in [-0.2, -0.15) is 0 Å². The van der Waals surface area contributed by atoms with Crippen LogP contribution in [0.5, 0.6) is 5.75 Å². The zero-order valence-corrected chi connectivity index (χ0v) is 12.3. The molecule has 2 unspecified atom stereocenters. The Morgan fingerprint density at radius 2 is 1.86 bits per heavy atom. The van der Waals surface area contributed by atoms with Gasteiger partial charge in [0.25, 0.3) is 0 Å². The molecule has 1 heterocycles. The van der Waals surface area contributed by atoms with Crippen molar-refractivity contribution in [1.29, 1.82) is 0 Å². The Kier molecular flexibility index (Phi) is 3.02. The Morgan fingerprint density at radius 3 is 2.62 bits per heavy atom. The van der Waals surface area contributed by atoms with E-state index in [2.05, 4.69) is 0 Å². The predicted octanol–water partition coefficient (Wildman–Crippen LogP) is 4.06. The molecule has 3 nitrogen and oxygen atoms in total. The molecule has 1 aromatic heterocycles. The van der Waals surface area contributed by atoms with Gasteiger partial charge in [-0.1, -0.05) is 12.8 Å². The fourth-order valence-corrected chi connectivity index (χ4v) is 4.00. The van der Waals surface area contributed by atoms with E-state index in [1.54, 1.807) is 6.92 Å². The van der Waals surface area contributed by atoms with E-state index in [4.69, 9.17) is 9.15 Å². The van der Waals surface area contributed by atoms with Gasteiger partial charge < -0.3 is 9.15 Å². The van der Waals surface area contributed by atoms with Gasteiger partial charge in [0.15, 0.2) is 0 Å². The first-order chi connectivity index (χ1) is 10.2. The third kappa shape index (κ3) is 2.45. The second-order valence-electron chi connectivity index (χ2n) is 6.67. The van der Waals surface area contributed by atoms with E-state index >= 15 is 0 Å². The van der Waals surface area contributed by atoms with Crippen LogP contribution in [0.4, 0.5) is 0 Å². The molecule has 0 amide bonds. The molecule has 110 valence electrons. The van der Waals surface area contributed by atoms with E-state index in [-0.39, 0.29) is 5.63 Å². The SMILES string of the molecule is Cc1cc2ccc(OC3CC4CCC(C4)C3)cc2oc1=O. The van der Waals surface area contributed by atoms with Crippen LogP contribution in [-0.4, -0.2) is 6.10 Å². The molecule has 0 radical (unpaired) electrons. The van der Waals surface area contributed by atoms with Crippen molar-refractivity contribution in [3.8, 4) is 5.75 Å². The molecule has 0 spiro atoms. The standard InChI is InChI=1S/C18H20O3/c1-11-6-14-4-5-15(10-17(14)21-18(11)19)20-16-8-12-2-3-13(7-12)9-16/h4-6,10,12-13,16H,2-3,7-9H2,1H3. The first kappa shape index (κ1) is 12.9. The number of hydrogen-bond acceptors (Lipinski definition) is 3. The van der Waals surface area contributed by atoms with Crippen molar-refractivity contribution in [2.75, 3.05) is 0 Å². The molecule has 2 aromatic rings. The maximum absolute atomic E-state index is 11.6. The number of aryl methyl sites for hydroxylation is 1. The fraction of sp³-hybridized carbons (Fsp3) is 0.500. The van der Waals surface area contributed by atoms with Crippen molar-refractivity contribution >= 4 is 11.0 Å². The van der Waals surface area contributed by atoms with Gasteiger partial charge in [-0.15, -0.1) is 0 Å². The van der Waals surface area contributed by atoms with E-state index in [0.29, 0.717) is 17.3 Å². The summed E-state index contributed by atoms with van der Waals surface area (Å²) in [6.07, 6.45) is 6.81. The quantitative estimate of drug-likeness (QED) is 0.781. The second-order valence-corrected chi connectivity index (χ2v) is 6.67. The summed E-state index contributed by atoms with van der Waals surface area (Å²) < 4.78 is 11.5. The summed E-state index contributed by atoms with van der Waals surface area (Å²) in [5.74, 6) is 2.53. The van der Waals surface area contributed by atoms with Crippen LogP contribution in [0.3, 0.4) is 0 Å². The average Bonchev–Trinajstić information content (AvgIpc) is 2.80. The lowest BCUT2D eigenvalue weighted by atomic mass is 9.87. The second kappa shape index (κ2) is 4.90. The lowest BCUT2D eigenvalue weighted by Gasteiger charge is -2.28. The van der Waals surface area contributed by atoms with Crippen molar-refractivity contribution in [2.24, 2.45) is 11.8 Å². The molecule has 2 saturated carbocycles. The van der Waals surface area contributed by atoms with E-state index in [9.17, 15) is 4.79 Å². The monoisotopic (exact) mass is 284 g/mol. The zero-order chi connectivity index (χ0) is 14.4. The van der Waals surface area contributed by atoms with Gasteiger partial charge in [0.05, 0.1) is 6.10 Å². The highest BCUT2D eigenvalue weighted by Gasteiger charge is 2.35. The van der Waals surface area contributed by atoms with Gasteiger partial charge in [0.2, 0.25) is 0 Å². The largest absolute Gasteiger partial charge is 0.490 e. The minimum atomic E-state index is -0.268. The van der Waals surface area contributed by atoms with Crippen LogP contribution in [-0.2, 0) is 0 Å². The summed E-state index contributed by atoms with van der Waals surface area (Å²) in [5.41, 5.74) is 0.984. The molecule has 2 bridgehead atoms. The van der Waals surface area contributed by atoms with Gasteiger partial charge in [0.1, 0.15) is 11.3 Å². The Labute approximate surface area is 123 Å². The van der Waals surface area contributed by atoms with Crippen molar-refractivity contribution in [1.82, 2.24) is 0 Å².